The largest absolute Gasteiger partial charge is 0.268 e. The molecule has 0 fully saturated rings. The molecule has 1 atom stereocenters. The van der Waals surface area contributed by atoms with Crippen LogP contribution < -0.4 is 5.56 Å². The van der Waals surface area contributed by atoms with Crippen LogP contribution in [-0.2, 0) is 12.8 Å². The van der Waals surface area contributed by atoms with Crippen molar-refractivity contribution in [3.05, 3.63) is 27.7 Å². The number of aromatic amines is 1. The fraction of sp³-hybridized carbons (Fsp3) is 0.692. The number of aryl methyl sites for hydroxylation is 1. The Labute approximate surface area is 96.3 Å². The average Bonchev–Trinajstić information content (AvgIpc) is 2.28. The van der Waals surface area contributed by atoms with Gasteiger partial charge in [0.2, 0.25) is 0 Å². The number of hydrogen-bond donors (Lipinski definition) is 1. The van der Waals surface area contributed by atoms with Gasteiger partial charge in [0.05, 0.1) is 5.69 Å². The van der Waals surface area contributed by atoms with Crippen molar-refractivity contribution in [1.29, 1.82) is 0 Å². The minimum absolute atomic E-state index is 0.0753. The molecule has 1 N–H and O–H groups in total. The van der Waals surface area contributed by atoms with Gasteiger partial charge in [0.25, 0.3) is 5.56 Å². The van der Waals surface area contributed by atoms with Crippen LogP contribution in [-0.4, -0.2) is 10.2 Å². The lowest BCUT2D eigenvalue weighted by molar-refractivity contribution is 0.181. The smallest absolute Gasteiger partial charge is 0.264 e. The lowest BCUT2D eigenvalue weighted by atomic mass is 9.69. The molecule has 1 heterocycles. The van der Waals surface area contributed by atoms with E-state index in [0.29, 0.717) is 11.3 Å². The molecule has 2 rings (SSSR count). The normalized spacial score (nSPS) is 20.6. The highest BCUT2D eigenvalue weighted by molar-refractivity contribution is 5.21. The molecule has 88 valence electrons. The summed E-state index contributed by atoms with van der Waals surface area (Å²) in [5.74, 6) is 0.675. The molecule has 0 bridgehead atoms. The first-order valence-electron chi connectivity index (χ1n) is 6.10. The second-order valence-corrected chi connectivity index (χ2v) is 5.49. The molecular formula is C13H20N2O. The molecule has 1 aliphatic rings. The Morgan fingerprint density at radius 3 is 3.00 bits per heavy atom. The van der Waals surface area contributed by atoms with Crippen molar-refractivity contribution in [2.24, 2.45) is 11.3 Å². The molecule has 0 aromatic carbocycles. The van der Waals surface area contributed by atoms with E-state index in [0.717, 1.165) is 24.1 Å². The van der Waals surface area contributed by atoms with Crippen molar-refractivity contribution in [3.63, 3.8) is 0 Å². The van der Waals surface area contributed by atoms with Crippen LogP contribution in [0.25, 0.3) is 0 Å². The zero-order valence-electron chi connectivity index (χ0n) is 10.3. The summed E-state index contributed by atoms with van der Waals surface area (Å²) >= 11 is 0. The second-order valence-electron chi connectivity index (χ2n) is 5.49. The van der Waals surface area contributed by atoms with Gasteiger partial charge < -0.3 is 0 Å². The Hall–Kier alpha value is -1.12. The van der Waals surface area contributed by atoms with Crippen LogP contribution in [0.5, 0.6) is 0 Å². The second kappa shape index (κ2) is 4.04. The molecule has 3 heteroatoms. The van der Waals surface area contributed by atoms with E-state index in [9.17, 15) is 4.79 Å². The van der Waals surface area contributed by atoms with Crippen LogP contribution >= 0.6 is 0 Å². The molecule has 16 heavy (non-hydrogen) atoms. The molecule has 0 amide bonds. The molecule has 0 saturated heterocycles. The number of nitrogens with one attached hydrogen (secondary N) is 1. The Kier molecular flexibility index (Phi) is 2.87. The number of rotatable bonds is 2. The maximum atomic E-state index is 11.2. The molecule has 1 aromatic rings. The third-order valence-electron chi connectivity index (χ3n) is 4.19. The minimum atomic E-state index is -0.0753. The number of nitrogens with zero attached hydrogens (tertiary/aromatic N) is 1. The molecule has 0 spiro atoms. The van der Waals surface area contributed by atoms with E-state index in [2.05, 4.69) is 31.0 Å². The molecule has 1 aromatic heterocycles. The first kappa shape index (κ1) is 11.4. The van der Waals surface area contributed by atoms with Gasteiger partial charge in [-0.3, -0.25) is 4.79 Å². The Balaban J connectivity index is 2.26. The molecular weight excluding hydrogens is 200 g/mol. The highest BCUT2D eigenvalue weighted by Crippen LogP contribution is 2.38. The molecule has 0 saturated carbocycles. The molecule has 1 aliphatic carbocycles. The van der Waals surface area contributed by atoms with Gasteiger partial charge in [-0.1, -0.05) is 27.2 Å². The maximum absolute atomic E-state index is 11.2. The van der Waals surface area contributed by atoms with Crippen LogP contribution in [0.2, 0.25) is 0 Å². The fourth-order valence-electron chi connectivity index (χ4n) is 2.50. The van der Waals surface area contributed by atoms with Crippen molar-refractivity contribution in [1.82, 2.24) is 10.2 Å². The third-order valence-corrected chi connectivity index (χ3v) is 4.19. The van der Waals surface area contributed by atoms with Crippen molar-refractivity contribution < 1.29 is 0 Å². The van der Waals surface area contributed by atoms with Crippen LogP contribution in [0.1, 0.15) is 44.9 Å². The third kappa shape index (κ3) is 2.04. The summed E-state index contributed by atoms with van der Waals surface area (Å²) < 4.78 is 0. The van der Waals surface area contributed by atoms with Crippen molar-refractivity contribution in [2.45, 2.75) is 46.5 Å². The van der Waals surface area contributed by atoms with Gasteiger partial charge in [-0.05, 0) is 36.2 Å². The van der Waals surface area contributed by atoms with E-state index >= 15 is 0 Å². The number of aromatic nitrogens is 2. The van der Waals surface area contributed by atoms with Gasteiger partial charge in [0, 0.05) is 6.07 Å². The summed E-state index contributed by atoms with van der Waals surface area (Å²) in [6.07, 6.45) is 4.38. The summed E-state index contributed by atoms with van der Waals surface area (Å²) in [7, 11) is 0. The van der Waals surface area contributed by atoms with E-state index in [1.807, 2.05) is 0 Å². The maximum Gasteiger partial charge on any atom is 0.264 e. The fourth-order valence-corrected chi connectivity index (χ4v) is 2.50. The van der Waals surface area contributed by atoms with Gasteiger partial charge in [-0.25, -0.2) is 5.10 Å². The number of fused-ring (bicyclic) bond motifs is 1. The SMILES string of the molecule is CCC(C)(C)C1CCc2n[nH]c(=O)cc2C1. The summed E-state index contributed by atoms with van der Waals surface area (Å²) in [4.78, 5) is 11.2. The van der Waals surface area contributed by atoms with Crippen molar-refractivity contribution in [3.8, 4) is 0 Å². The standard InChI is InChI=1S/C13H20N2O/c1-4-13(2,3)10-5-6-11-9(7-10)8-12(16)15-14-11/h8,10H,4-7H2,1-3H3,(H,15,16). The summed E-state index contributed by atoms with van der Waals surface area (Å²) in [5, 5.41) is 6.65. The monoisotopic (exact) mass is 220 g/mol. The van der Waals surface area contributed by atoms with Crippen molar-refractivity contribution >= 4 is 0 Å². The lowest BCUT2D eigenvalue weighted by Gasteiger charge is -2.36. The molecule has 3 nitrogen and oxygen atoms in total. The van der Waals surface area contributed by atoms with E-state index in [-0.39, 0.29) is 5.56 Å². The minimum Gasteiger partial charge on any atom is -0.268 e. The van der Waals surface area contributed by atoms with Gasteiger partial charge in [0.1, 0.15) is 0 Å². The number of hydrogen-bond acceptors (Lipinski definition) is 2. The zero-order valence-corrected chi connectivity index (χ0v) is 10.3. The van der Waals surface area contributed by atoms with E-state index < -0.39 is 0 Å². The Morgan fingerprint density at radius 1 is 1.56 bits per heavy atom. The topological polar surface area (TPSA) is 45.8 Å². The predicted octanol–water partition coefficient (Wildman–Crippen LogP) is 2.31. The van der Waals surface area contributed by atoms with Gasteiger partial charge in [-0.2, -0.15) is 5.10 Å². The van der Waals surface area contributed by atoms with E-state index in [1.54, 1.807) is 6.07 Å². The lowest BCUT2D eigenvalue weighted by Crippen LogP contribution is -2.30. The van der Waals surface area contributed by atoms with Crippen LogP contribution in [0.4, 0.5) is 0 Å². The number of H-pyrrole nitrogens is 1. The summed E-state index contributed by atoms with van der Waals surface area (Å²) in [5.41, 5.74) is 2.53. The van der Waals surface area contributed by atoms with Gasteiger partial charge >= 0.3 is 0 Å². The predicted molar refractivity (Wildman–Crippen MR) is 64.4 cm³/mol. The summed E-state index contributed by atoms with van der Waals surface area (Å²) in [6, 6.07) is 1.72. The van der Waals surface area contributed by atoms with Crippen molar-refractivity contribution in [2.75, 3.05) is 0 Å². The highest BCUT2D eigenvalue weighted by Gasteiger charge is 2.31. The first-order valence-corrected chi connectivity index (χ1v) is 6.10. The van der Waals surface area contributed by atoms with Gasteiger partial charge in [0.15, 0.2) is 0 Å². The van der Waals surface area contributed by atoms with E-state index in [1.165, 1.54) is 12.8 Å². The highest BCUT2D eigenvalue weighted by atomic mass is 16.1. The van der Waals surface area contributed by atoms with Crippen LogP contribution in [0, 0.1) is 11.3 Å². The first-order chi connectivity index (χ1) is 7.53. The molecule has 1 unspecified atom stereocenters. The van der Waals surface area contributed by atoms with Gasteiger partial charge in [-0.15, -0.1) is 0 Å². The average molecular weight is 220 g/mol. The van der Waals surface area contributed by atoms with E-state index in [4.69, 9.17) is 0 Å². The summed E-state index contributed by atoms with van der Waals surface area (Å²) in [6.45, 7) is 6.89. The molecule has 0 aliphatic heterocycles. The molecule has 0 radical (unpaired) electrons. The zero-order chi connectivity index (χ0) is 11.8. The van der Waals surface area contributed by atoms with Crippen LogP contribution in [0.3, 0.4) is 0 Å². The Bertz CT molecular complexity index is 434. The quantitative estimate of drug-likeness (QED) is 0.831. The Morgan fingerprint density at radius 2 is 2.31 bits per heavy atom. The van der Waals surface area contributed by atoms with Crippen LogP contribution in [0.15, 0.2) is 10.9 Å².